The number of hydrogen-bond donors (Lipinski definition) is 3. The molecule has 1 saturated heterocycles. The van der Waals surface area contributed by atoms with Crippen molar-refractivity contribution in [3.05, 3.63) is 59.7 Å². The number of aliphatic hydroxyl groups excluding tert-OH is 1. The van der Waals surface area contributed by atoms with Crippen molar-refractivity contribution in [3.8, 4) is 5.75 Å². The molecule has 0 saturated carbocycles. The van der Waals surface area contributed by atoms with Crippen LogP contribution in [-0.4, -0.2) is 65.1 Å². The number of benzene rings is 2. The van der Waals surface area contributed by atoms with Crippen LogP contribution in [0.2, 0.25) is 0 Å². The highest BCUT2D eigenvalue weighted by atomic mass is 32.2. The molecule has 3 N–H and O–H groups in total. The molecule has 1 heterocycles. The van der Waals surface area contributed by atoms with Gasteiger partial charge >= 0.3 is 5.97 Å². The molecule has 0 bridgehead atoms. The number of rotatable bonds is 7. The van der Waals surface area contributed by atoms with Gasteiger partial charge in [-0.1, -0.05) is 29.8 Å². The SMILES string of the molecule is Cc1ccc(S(=O)(=O)N2C[C@H](O)C[C@H]2C(=O)N[C@@H](Cc2ccc(O)cc2)C(=O)OC(C)(C)C)cc1. The zero-order valence-corrected chi connectivity index (χ0v) is 21.1. The maximum absolute atomic E-state index is 13.3. The predicted octanol–water partition coefficient (Wildman–Crippen LogP) is 1.89. The molecule has 9 nitrogen and oxygen atoms in total. The molecule has 0 radical (unpaired) electrons. The van der Waals surface area contributed by atoms with Gasteiger partial charge in [0.25, 0.3) is 0 Å². The molecular formula is C25H32N2O7S. The number of nitrogens with zero attached hydrogens (tertiary/aromatic N) is 1. The van der Waals surface area contributed by atoms with Gasteiger partial charge in [-0.3, -0.25) is 4.79 Å². The van der Waals surface area contributed by atoms with E-state index in [0.29, 0.717) is 5.56 Å². The quantitative estimate of drug-likeness (QED) is 0.491. The topological polar surface area (TPSA) is 133 Å². The van der Waals surface area contributed by atoms with Crippen LogP contribution < -0.4 is 5.32 Å². The van der Waals surface area contributed by atoms with Gasteiger partial charge in [-0.25, -0.2) is 13.2 Å². The van der Waals surface area contributed by atoms with Crippen LogP contribution in [-0.2, 0) is 30.8 Å². The van der Waals surface area contributed by atoms with Crippen molar-refractivity contribution in [1.82, 2.24) is 9.62 Å². The molecule has 1 aliphatic rings. The van der Waals surface area contributed by atoms with Crippen molar-refractivity contribution in [3.63, 3.8) is 0 Å². The van der Waals surface area contributed by atoms with Crippen LogP contribution >= 0.6 is 0 Å². The minimum Gasteiger partial charge on any atom is -0.508 e. The van der Waals surface area contributed by atoms with Crippen molar-refractivity contribution in [2.75, 3.05) is 6.54 Å². The third kappa shape index (κ3) is 6.81. The van der Waals surface area contributed by atoms with Gasteiger partial charge in [-0.2, -0.15) is 4.31 Å². The van der Waals surface area contributed by atoms with Crippen LogP contribution in [0.3, 0.4) is 0 Å². The number of aromatic hydroxyl groups is 1. The van der Waals surface area contributed by atoms with Gasteiger partial charge in [0.05, 0.1) is 11.0 Å². The Morgan fingerprint density at radius 2 is 1.71 bits per heavy atom. The number of esters is 1. The van der Waals surface area contributed by atoms with E-state index >= 15 is 0 Å². The maximum atomic E-state index is 13.3. The number of phenolic OH excluding ortho intramolecular Hbond substituents is 1. The fourth-order valence-electron chi connectivity index (χ4n) is 3.84. The lowest BCUT2D eigenvalue weighted by molar-refractivity contribution is -0.158. The number of sulfonamides is 1. The van der Waals surface area contributed by atoms with Gasteiger partial charge in [-0.15, -0.1) is 0 Å². The molecule has 3 atom stereocenters. The first kappa shape index (κ1) is 26.7. The third-order valence-electron chi connectivity index (χ3n) is 5.55. The van der Waals surface area contributed by atoms with Crippen molar-refractivity contribution in [2.24, 2.45) is 0 Å². The zero-order chi connectivity index (χ0) is 26.0. The minimum absolute atomic E-state index is 0.0165. The Labute approximate surface area is 205 Å². The zero-order valence-electron chi connectivity index (χ0n) is 20.3. The lowest BCUT2D eigenvalue weighted by atomic mass is 10.0. The highest BCUT2D eigenvalue weighted by Gasteiger charge is 2.44. The first-order valence-electron chi connectivity index (χ1n) is 11.3. The maximum Gasteiger partial charge on any atom is 0.329 e. The summed E-state index contributed by atoms with van der Waals surface area (Å²) in [7, 11) is -4.06. The molecule has 1 aliphatic heterocycles. The number of carbonyl (C=O) groups excluding carboxylic acids is 2. The highest BCUT2D eigenvalue weighted by molar-refractivity contribution is 7.89. The fourth-order valence-corrected chi connectivity index (χ4v) is 5.47. The first-order chi connectivity index (χ1) is 16.3. The number of aryl methyl sites for hydroxylation is 1. The van der Waals surface area contributed by atoms with Crippen molar-refractivity contribution in [1.29, 1.82) is 0 Å². The summed E-state index contributed by atoms with van der Waals surface area (Å²) in [5.74, 6) is -1.32. The molecule has 2 aromatic rings. The summed E-state index contributed by atoms with van der Waals surface area (Å²) in [6.07, 6.45) is -1.05. The molecule has 0 unspecified atom stereocenters. The molecule has 0 aliphatic carbocycles. The minimum atomic E-state index is -4.06. The van der Waals surface area contributed by atoms with E-state index in [1.54, 1.807) is 45.0 Å². The number of ether oxygens (including phenoxy) is 1. The molecule has 3 rings (SSSR count). The lowest BCUT2D eigenvalue weighted by Crippen LogP contribution is -2.52. The predicted molar refractivity (Wildman–Crippen MR) is 129 cm³/mol. The van der Waals surface area contributed by atoms with E-state index < -0.39 is 45.7 Å². The van der Waals surface area contributed by atoms with E-state index in [1.807, 2.05) is 6.92 Å². The summed E-state index contributed by atoms with van der Waals surface area (Å²) < 4.78 is 33.0. The van der Waals surface area contributed by atoms with Gasteiger partial charge in [0.1, 0.15) is 23.4 Å². The van der Waals surface area contributed by atoms with Crippen LogP contribution in [0.1, 0.15) is 38.3 Å². The van der Waals surface area contributed by atoms with Gasteiger partial charge in [0.2, 0.25) is 15.9 Å². The third-order valence-corrected chi connectivity index (χ3v) is 7.44. The van der Waals surface area contributed by atoms with Gasteiger partial charge < -0.3 is 20.3 Å². The molecule has 1 fully saturated rings. The Balaban J connectivity index is 1.85. The Bertz CT molecular complexity index is 1160. The van der Waals surface area contributed by atoms with E-state index in [9.17, 15) is 28.2 Å². The number of amides is 1. The summed E-state index contributed by atoms with van der Waals surface area (Å²) >= 11 is 0. The molecule has 10 heteroatoms. The average Bonchev–Trinajstić information content (AvgIpc) is 3.16. The molecule has 35 heavy (non-hydrogen) atoms. The van der Waals surface area contributed by atoms with Crippen molar-refractivity contribution in [2.45, 2.75) is 69.2 Å². The summed E-state index contributed by atoms with van der Waals surface area (Å²) in [6, 6.07) is 10.1. The molecule has 1 amide bonds. The molecule has 0 spiro atoms. The highest BCUT2D eigenvalue weighted by Crippen LogP contribution is 2.27. The van der Waals surface area contributed by atoms with E-state index in [1.165, 1.54) is 24.3 Å². The van der Waals surface area contributed by atoms with E-state index in [0.717, 1.165) is 9.87 Å². The first-order valence-corrected chi connectivity index (χ1v) is 12.8. The number of nitrogens with one attached hydrogen (secondary N) is 1. The Morgan fingerprint density at radius 3 is 2.29 bits per heavy atom. The van der Waals surface area contributed by atoms with Crippen molar-refractivity contribution < 1.29 is 33.0 Å². The second-order valence-electron chi connectivity index (χ2n) is 9.76. The summed E-state index contributed by atoms with van der Waals surface area (Å²) in [6.45, 7) is 6.70. The number of carbonyl (C=O) groups is 2. The Hall–Kier alpha value is -2.95. The van der Waals surface area contributed by atoms with Gasteiger partial charge in [0, 0.05) is 19.4 Å². The number of phenols is 1. The second kappa shape index (κ2) is 10.3. The number of aliphatic hydroxyl groups is 1. The standard InChI is InChI=1S/C25H32N2O7S/c1-16-5-11-20(12-6-16)35(32,33)27-15-19(29)14-22(27)23(30)26-21(24(31)34-25(2,3)4)13-17-7-9-18(28)10-8-17/h5-12,19,21-22,28-29H,13-15H2,1-4H3,(H,26,30)/t19-,21+,22+/m1/s1. The smallest absolute Gasteiger partial charge is 0.329 e. The average molecular weight is 505 g/mol. The molecule has 0 aromatic heterocycles. The van der Waals surface area contributed by atoms with Crippen LogP contribution in [0.4, 0.5) is 0 Å². The Morgan fingerprint density at radius 1 is 1.11 bits per heavy atom. The van der Waals surface area contributed by atoms with Gasteiger partial charge in [-0.05, 0) is 57.5 Å². The lowest BCUT2D eigenvalue weighted by Gasteiger charge is -2.27. The largest absolute Gasteiger partial charge is 0.508 e. The summed E-state index contributed by atoms with van der Waals surface area (Å²) in [5.41, 5.74) is 0.739. The molecule has 190 valence electrons. The normalized spacial score (nSPS) is 19.8. The molecule has 2 aromatic carbocycles. The fraction of sp³-hybridized carbons (Fsp3) is 0.440. The van der Waals surface area contributed by atoms with Crippen molar-refractivity contribution >= 4 is 21.9 Å². The van der Waals surface area contributed by atoms with E-state index in [4.69, 9.17) is 4.74 Å². The number of β-amino-alcohol motifs (C(OH)–C–C–N with tert-alkyl or cyclic N) is 1. The number of hydrogen-bond acceptors (Lipinski definition) is 7. The summed E-state index contributed by atoms with van der Waals surface area (Å²) in [5, 5.41) is 22.4. The van der Waals surface area contributed by atoms with Crippen LogP contribution in [0.25, 0.3) is 0 Å². The van der Waals surface area contributed by atoms with Crippen LogP contribution in [0.5, 0.6) is 5.75 Å². The van der Waals surface area contributed by atoms with Crippen LogP contribution in [0.15, 0.2) is 53.4 Å². The van der Waals surface area contributed by atoms with Gasteiger partial charge in [0.15, 0.2) is 0 Å². The second-order valence-corrected chi connectivity index (χ2v) is 11.6. The Kier molecular flexibility index (Phi) is 7.88. The molecular weight excluding hydrogens is 472 g/mol. The monoisotopic (exact) mass is 504 g/mol. The van der Waals surface area contributed by atoms with E-state index in [2.05, 4.69) is 5.32 Å². The van der Waals surface area contributed by atoms with Crippen LogP contribution in [0, 0.1) is 6.92 Å². The van der Waals surface area contributed by atoms with E-state index in [-0.39, 0.29) is 30.0 Å². The summed E-state index contributed by atoms with van der Waals surface area (Å²) in [4.78, 5) is 26.2.